The standard InChI is InChI=1S/C43H39N5O5/c1-28(10-6-7-23-46-26-37(44-45-46)35(27-49)30-11-4-3-5-12-30)43(52)36-24-33(53-2)21-22-38(36)47(42(43)51)25-29-17-19-32(20-18-29)48-39-16-9-14-31-13-8-15-34(40(31)39)41(48)50/h3-6,8-22,24,26,28,35,49,52H,7,23,25,27H2,1-2H3/b10-6+/t28-,35?,43+/m1/s1. The van der Waals surface area contributed by atoms with Crippen LogP contribution in [0.15, 0.2) is 128 Å². The number of amides is 2. The Labute approximate surface area is 307 Å². The molecule has 2 N–H and O–H groups in total. The lowest BCUT2D eigenvalue weighted by Gasteiger charge is -2.28. The van der Waals surface area contributed by atoms with Crippen LogP contribution in [0.4, 0.5) is 17.1 Å². The lowest BCUT2D eigenvalue weighted by molar-refractivity contribution is -0.139. The molecule has 2 aliphatic rings. The molecule has 6 aromatic rings. The van der Waals surface area contributed by atoms with Crippen LogP contribution in [0, 0.1) is 5.92 Å². The lowest BCUT2D eigenvalue weighted by Crippen LogP contribution is -2.44. The van der Waals surface area contributed by atoms with Gasteiger partial charge >= 0.3 is 0 Å². The summed E-state index contributed by atoms with van der Waals surface area (Å²) in [7, 11) is 1.56. The third-order valence-electron chi connectivity index (χ3n) is 10.5. The summed E-state index contributed by atoms with van der Waals surface area (Å²) in [5.74, 6) is -0.776. The number of allylic oxidation sites excluding steroid dienone is 1. The number of carbonyl (C=O) groups excluding carboxylic acids is 2. The zero-order chi connectivity index (χ0) is 36.7. The fourth-order valence-corrected chi connectivity index (χ4v) is 7.60. The summed E-state index contributed by atoms with van der Waals surface area (Å²) < 4.78 is 7.23. The maximum atomic E-state index is 14.3. The number of anilines is 3. The Kier molecular flexibility index (Phi) is 8.85. The average Bonchev–Trinajstić information content (AvgIpc) is 3.84. The molecule has 10 nitrogen and oxygen atoms in total. The largest absolute Gasteiger partial charge is 0.497 e. The number of aliphatic hydroxyl groups is 2. The quantitative estimate of drug-likeness (QED) is 0.133. The van der Waals surface area contributed by atoms with E-state index in [0.29, 0.717) is 41.2 Å². The highest BCUT2D eigenvalue weighted by Crippen LogP contribution is 2.47. The van der Waals surface area contributed by atoms with Crippen molar-refractivity contribution in [2.75, 3.05) is 23.5 Å². The topological polar surface area (TPSA) is 121 Å². The van der Waals surface area contributed by atoms with Gasteiger partial charge < -0.3 is 19.8 Å². The van der Waals surface area contributed by atoms with Gasteiger partial charge in [-0.2, -0.15) is 0 Å². The third kappa shape index (κ3) is 5.86. The molecule has 3 atom stereocenters. The van der Waals surface area contributed by atoms with Crippen molar-refractivity contribution >= 4 is 39.6 Å². The SMILES string of the molecule is COc1ccc2c(c1)[C@@](O)([C@H](C)/C=C/CCn1cc(C(CO)c3ccccc3)nn1)C(=O)N2Cc1ccc(N2C(=O)c3cccc4cccc2c34)cc1. The van der Waals surface area contributed by atoms with E-state index in [0.717, 1.165) is 33.3 Å². The van der Waals surface area contributed by atoms with Crippen molar-refractivity contribution < 1.29 is 24.5 Å². The highest BCUT2D eigenvalue weighted by Gasteiger charge is 2.52. The number of aryl methyl sites for hydroxylation is 1. The van der Waals surface area contributed by atoms with Crippen LogP contribution in [0.25, 0.3) is 10.8 Å². The summed E-state index contributed by atoms with van der Waals surface area (Å²) >= 11 is 0. The van der Waals surface area contributed by atoms with Crippen molar-refractivity contribution in [2.24, 2.45) is 5.92 Å². The van der Waals surface area contributed by atoms with Crippen LogP contribution in [0.1, 0.15) is 52.0 Å². The first-order valence-electron chi connectivity index (χ1n) is 17.7. The Hall–Kier alpha value is -6.10. The molecule has 0 radical (unpaired) electrons. The molecule has 2 aliphatic heterocycles. The molecule has 8 rings (SSSR count). The molecule has 3 heterocycles. The van der Waals surface area contributed by atoms with Crippen LogP contribution in [-0.4, -0.2) is 50.7 Å². The van der Waals surface area contributed by atoms with E-state index < -0.39 is 17.4 Å². The van der Waals surface area contributed by atoms with E-state index in [1.165, 1.54) is 0 Å². The summed E-state index contributed by atoms with van der Waals surface area (Å²) in [5.41, 5.74) is 4.06. The lowest BCUT2D eigenvalue weighted by atomic mass is 9.83. The number of hydrogen-bond acceptors (Lipinski definition) is 7. The van der Waals surface area contributed by atoms with Crippen LogP contribution in [0.5, 0.6) is 5.75 Å². The number of rotatable bonds is 12. The van der Waals surface area contributed by atoms with Gasteiger partial charge in [-0.1, -0.05) is 91.0 Å². The highest BCUT2D eigenvalue weighted by atomic mass is 16.5. The monoisotopic (exact) mass is 705 g/mol. The second kappa shape index (κ2) is 13.8. The van der Waals surface area contributed by atoms with Gasteiger partial charge in [0.25, 0.3) is 11.8 Å². The van der Waals surface area contributed by atoms with Crippen molar-refractivity contribution in [1.82, 2.24) is 15.0 Å². The molecule has 0 aliphatic carbocycles. The van der Waals surface area contributed by atoms with Crippen molar-refractivity contribution in [3.8, 4) is 5.75 Å². The molecule has 1 aromatic heterocycles. The Bertz CT molecular complexity index is 2350. The fraction of sp³-hybridized carbons (Fsp3) is 0.209. The molecule has 0 bridgehead atoms. The van der Waals surface area contributed by atoms with Gasteiger partial charge in [0.05, 0.1) is 48.8 Å². The minimum Gasteiger partial charge on any atom is -0.497 e. The molecular formula is C43H39N5O5. The molecule has 266 valence electrons. The Morgan fingerprint density at radius 2 is 1.68 bits per heavy atom. The summed E-state index contributed by atoms with van der Waals surface area (Å²) in [6.45, 7) is 2.52. The Balaban J connectivity index is 0.982. The number of fused-ring (bicyclic) bond motifs is 1. The van der Waals surface area contributed by atoms with Crippen molar-refractivity contribution in [1.29, 1.82) is 0 Å². The van der Waals surface area contributed by atoms with Gasteiger partial charge in [-0.15, -0.1) is 5.10 Å². The molecule has 2 amide bonds. The van der Waals surface area contributed by atoms with Gasteiger partial charge in [0, 0.05) is 35.3 Å². The van der Waals surface area contributed by atoms with Crippen LogP contribution >= 0.6 is 0 Å². The van der Waals surface area contributed by atoms with E-state index >= 15 is 0 Å². The predicted molar refractivity (Wildman–Crippen MR) is 203 cm³/mol. The molecular weight excluding hydrogens is 667 g/mol. The van der Waals surface area contributed by atoms with Gasteiger partial charge in [0.2, 0.25) is 0 Å². The second-order valence-corrected chi connectivity index (χ2v) is 13.6. The van der Waals surface area contributed by atoms with Crippen LogP contribution in [0.2, 0.25) is 0 Å². The van der Waals surface area contributed by atoms with Crippen molar-refractivity contribution in [2.45, 2.75) is 38.0 Å². The van der Waals surface area contributed by atoms with E-state index in [9.17, 15) is 19.8 Å². The first-order valence-corrected chi connectivity index (χ1v) is 17.7. The molecule has 5 aromatic carbocycles. The second-order valence-electron chi connectivity index (χ2n) is 13.6. The fourth-order valence-electron chi connectivity index (χ4n) is 7.60. The van der Waals surface area contributed by atoms with Gasteiger partial charge in [-0.3, -0.25) is 19.2 Å². The summed E-state index contributed by atoms with van der Waals surface area (Å²) in [6, 6.07) is 34.4. The van der Waals surface area contributed by atoms with Crippen molar-refractivity contribution in [3.05, 3.63) is 155 Å². The molecule has 10 heteroatoms. The molecule has 0 fully saturated rings. The number of benzene rings is 5. The number of methoxy groups -OCH3 is 1. The summed E-state index contributed by atoms with van der Waals surface area (Å²) in [4.78, 5) is 31.1. The highest BCUT2D eigenvalue weighted by molar-refractivity contribution is 6.27. The van der Waals surface area contributed by atoms with E-state index in [2.05, 4.69) is 10.3 Å². The van der Waals surface area contributed by atoms with Gasteiger partial charge in [-0.25, -0.2) is 0 Å². The number of carbonyl (C=O) groups is 2. The first-order chi connectivity index (χ1) is 25.8. The number of aromatic nitrogens is 3. The number of hydrogen-bond donors (Lipinski definition) is 2. The van der Waals surface area contributed by atoms with Crippen molar-refractivity contribution in [3.63, 3.8) is 0 Å². The van der Waals surface area contributed by atoms with E-state index in [1.807, 2.05) is 122 Å². The van der Waals surface area contributed by atoms with Crippen LogP contribution < -0.4 is 14.5 Å². The normalized spacial score (nSPS) is 17.6. The molecule has 0 spiro atoms. The molecule has 0 saturated carbocycles. The average molecular weight is 706 g/mol. The zero-order valence-corrected chi connectivity index (χ0v) is 29.5. The maximum absolute atomic E-state index is 14.3. The van der Waals surface area contributed by atoms with Gasteiger partial charge in [0.1, 0.15) is 5.75 Å². The van der Waals surface area contributed by atoms with E-state index in [4.69, 9.17) is 4.74 Å². The zero-order valence-electron chi connectivity index (χ0n) is 29.5. The molecule has 53 heavy (non-hydrogen) atoms. The number of ether oxygens (including phenoxy) is 1. The number of aliphatic hydroxyl groups excluding tert-OH is 1. The van der Waals surface area contributed by atoms with Crippen LogP contribution in [-0.2, 0) is 23.5 Å². The first kappa shape index (κ1) is 34.0. The predicted octanol–water partition coefficient (Wildman–Crippen LogP) is 6.87. The summed E-state index contributed by atoms with van der Waals surface area (Å²) in [6.07, 6.45) is 6.24. The third-order valence-corrected chi connectivity index (χ3v) is 10.5. The smallest absolute Gasteiger partial charge is 0.264 e. The van der Waals surface area contributed by atoms with Crippen LogP contribution in [0.3, 0.4) is 0 Å². The Morgan fingerprint density at radius 1 is 0.906 bits per heavy atom. The maximum Gasteiger partial charge on any atom is 0.264 e. The molecule has 1 unspecified atom stereocenters. The van der Waals surface area contributed by atoms with Gasteiger partial charge in [0.15, 0.2) is 5.60 Å². The summed E-state index contributed by atoms with van der Waals surface area (Å²) in [5, 5.41) is 32.8. The minimum atomic E-state index is -1.82. The Morgan fingerprint density at radius 3 is 2.43 bits per heavy atom. The van der Waals surface area contributed by atoms with E-state index in [1.54, 1.807) is 33.7 Å². The van der Waals surface area contributed by atoms with E-state index in [-0.39, 0.29) is 25.0 Å². The number of nitrogens with zero attached hydrogens (tertiary/aromatic N) is 5. The minimum absolute atomic E-state index is 0.0707. The molecule has 0 saturated heterocycles. The van der Waals surface area contributed by atoms with Gasteiger partial charge in [-0.05, 0) is 65.4 Å².